The van der Waals surface area contributed by atoms with Gasteiger partial charge in [-0.2, -0.15) is 0 Å². The van der Waals surface area contributed by atoms with Crippen LogP contribution in [0.4, 0.5) is 0 Å². The van der Waals surface area contributed by atoms with Crippen LogP contribution in [0.1, 0.15) is 32.1 Å². The molecule has 6 heteroatoms. The summed E-state index contributed by atoms with van der Waals surface area (Å²) in [5, 5.41) is 3.55. The van der Waals surface area contributed by atoms with Gasteiger partial charge in [0, 0.05) is 4.62 Å². The van der Waals surface area contributed by atoms with E-state index >= 15 is 0 Å². The number of benzene rings is 3. The molecule has 1 atom stereocenters. The lowest BCUT2D eigenvalue weighted by molar-refractivity contribution is 0.397. The largest absolute Gasteiger partial charge is 0.496 e. The molecule has 1 aromatic heterocycles. The molecule has 1 fully saturated rings. The molecular weight excluding hydrogens is 511 g/mol. The molecule has 0 aliphatic heterocycles. The molecule has 0 amide bonds. The van der Waals surface area contributed by atoms with Crippen molar-refractivity contribution in [2.45, 2.75) is 37.8 Å². The third kappa shape index (κ3) is 5.02. The van der Waals surface area contributed by atoms with E-state index in [-0.39, 0.29) is 0 Å². The predicted molar refractivity (Wildman–Crippen MR) is 161 cm³/mol. The molecule has 0 N–H and O–H groups in total. The van der Waals surface area contributed by atoms with E-state index in [2.05, 4.69) is 35.7 Å². The van der Waals surface area contributed by atoms with E-state index in [4.69, 9.17) is 18.9 Å². The van der Waals surface area contributed by atoms with E-state index in [1.165, 1.54) is 42.0 Å². The van der Waals surface area contributed by atoms with E-state index in [1.807, 2.05) is 47.7 Å². The molecule has 4 nitrogen and oxygen atoms in total. The Morgan fingerprint density at radius 2 is 1.08 bits per heavy atom. The van der Waals surface area contributed by atoms with Gasteiger partial charge in [-0.25, -0.2) is 0 Å². The molecule has 1 aliphatic rings. The molecule has 0 saturated heterocycles. The van der Waals surface area contributed by atoms with Gasteiger partial charge < -0.3 is 18.9 Å². The highest BCUT2D eigenvalue weighted by molar-refractivity contribution is 7.78. The first-order valence-corrected chi connectivity index (χ1v) is 15.4. The molecule has 1 aliphatic carbocycles. The van der Waals surface area contributed by atoms with Crippen molar-refractivity contribution in [1.29, 1.82) is 0 Å². The van der Waals surface area contributed by atoms with Crippen LogP contribution in [-0.2, 0) is 0 Å². The van der Waals surface area contributed by atoms with Gasteiger partial charge in [-0.15, -0.1) is 11.3 Å². The monoisotopic (exact) mass is 546 g/mol. The van der Waals surface area contributed by atoms with Crippen molar-refractivity contribution >= 4 is 29.2 Å². The van der Waals surface area contributed by atoms with Crippen molar-refractivity contribution in [1.82, 2.24) is 0 Å². The van der Waals surface area contributed by atoms with Crippen LogP contribution in [0, 0.1) is 0 Å². The zero-order valence-corrected chi connectivity index (χ0v) is 24.2. The fraction of sp³-hybridized carbons (Fsp3) is 0.312. The predicted octanol–water partition coefficient (Wildman–Crippen LogP) is 7.88. The van der Waals surface area contributed by atoms with Crippen LogP contribution in [0.5, 0.6) is 23.0 Å². The Balaban J connectivity index is 1.90. The SMILES string of the molecule is COc1cccc(OC)c1-c1cccc(-c2c(OC)cccc2OC)c1P(c1cccs1)C1CCCCC1. The molecule has 1 unspecified atom stereocenters. The Morgan fingerprint density at radius 1 is 0.605 bits per heavy atom. The van der Waals surface area contributed by atoms with Crippen LogP contribution in [-0.4, -0.2) is 34.1 Å². The minimum absolute atomic E-state index is 0.596. The Morgan fingerprint density at radius 3 is 1.50 bits per heavy atom. The molecule has 1 saturated carbocycles. The summed E-state index contributed by atoms with van der Waals surface area (Å²) in [6.45, 7) is 0. The Kier molecular flexibility index (Phi) is 8.56. The van der Waals surface area contributed by atoms with E-state index in [0.29, 0.717) is 5.66 Å². The van der Waals surface area contributed by atoms with Gasteiger partial charge >= 0.3 is 0 Å². The second kappa shape index (κ2) is 12.2. The van der Waals surface area contributed by atoms with Crippen molar-refractivity contribution in [3.63, 3.8) is 0 Å². The number of methoxy groups -OCH3 is 4. The standard InChI is InChI=1S/C32H35O4PS/c1-33-25-16-9-17-26(34-2)30(25)23-14-8-15-24(31-27(35-3)18-10-19-28(31)36-4)32(23)37(29-20-11-21-38-29)22-12-6-5-7-13-22/h8-11,14-22H,5-7,12-13H2,1-4H3. The van der Waals surface area contributed by atoms with E-state index in [0.717, 1.165) is 45.3 Å². The van der Waals surface area contributed by atoms with E-state index < -0.39 is 7.92 Å². The minimum Gasteiger partial charge on any atom is -0.496 e. The lowest BCUT2D eigenvalue weighted by Gasteiger charge is -2.34. The van der Waals surface area contributed by atoms with Gasteiger partial charge in [0.15, 0.2) is 0 Å². The van der Waals surface area contributed by atoms with E-state index in [1.54, 1.807) is 28.4 Å². The first-order chi connectivity index (χ1) is 18.7. The second-order valence-electron chi connectivity index (χ2n) is 9.39. The van der Waals surface area contributed by atoms with Gasteiger partial charge in [-0.3, -0.25) is 0 Å². The second-order valence-corrected chi connectivity index (χ2v) is 13.0. The molecule has 0 radical (unpaired) electrons. The Bertz CT molecular complexity index is 1240. The lowest BCUT2D eigenvalue weighted by Crippen LogP contribution is -2.25. The van der Waals surface area contributed by atoms with Gasteiger partial charge in [0.25, 0.3) is 0 Å². The van der Waals surface area contributed by atoms with Gasteiger partial charge in [-0.05, 0) is 78.6 Å². The zero-order valence-electron chi connectivity index (χ0n) is 22.5. The van der Waals surface area contributed by atoms with Crippen molar-refractivity contribution < 1.29 is 18.9 Å². The summed E-state index contributed by atoms with van der Waals surface area (Å²) >= 11 is 1.87. The average Bonchev–Trinajstić information content (AvgIpc) is 3.51. The summed E-state index contributed by atoms with van der Waals surface area (Å²) in [6, 6.07) is 23.1. The summed E-state index contributed by atoms with van der Waals surface area (Å²) < 4.78 is 25.2. The van der Waals surface area contributed by atoms with Crippen molar-refractivity contribution in [3.05, 3.63) is 72.1 Å². The highest BCUT2D eigenvalue weighted by Crippen LogP contribution is 2.54. The topological polar surface area (TPSA) is 36.9 Å². The number of rotatable bonds is 9. The third-order valence-electron chi connectivity index (χ3n) is 7.35. The number of hydrogen-bond acceptors (Lipinski definition) is 5. The van der Waals surface area contributed by atoms with Gasteiger partial charge in [-0.1, -0.05) is 55.7 Å². The minimum atomic E-state index is -0.694. The van der Waals surface area contributed by atoms with Crippen molar-refractivity contribution in [2.24, 2.45) is 0 Å². The molecule has 5 rings (SSSR count). The number of hydrogen-bond donors (Lipinski definition) is 0. The third-order valence-corrected chi connectivity index (χ3v) is 11.8. The quantitative estimate of drug-likeness (QED) is 0.200. The summed E-state index contributed by atoms with van der Waals surface area (Å²) in [5.41, 5.74) is 4.87. The molecule has 4 aromatic rings. The Labute approximate surface area is 231 Å². The summed E-state index contributed by atoms with van der Waals surface area (Å²) in [6.07, 6.45) is 6.36. The molecule has 3 aromatic carbocycles. The van der Waals surface area contributed by atoms with Gasteiger partial charge in [0.2, 0.25) is 0 Å². The molecule has 38 heavy (non-hydrogen) atoms. The smallest absolute Gasteiger partial charge is 0.130 e. The maximum atomic E-state index is 5.93. The van der Waals surface area contributed by atoms with Gasteiger partial charge in [0.1, 0.15) is 23.0 Å². The highest BCUT2D eigenvalue weighted by Gasteiger charge is 2.33. The fourth-order valence-corrected chi connectivity index (χ4v) is 10.4. The average molecular weight is 547 g/mol. The summed E-state index contributed by atoms with van der Waals surface area (Å²) in [7, 11) is 6.23. The normalized spacial score (nSPS) is 14.6. The molecular formula is C32H35O4PS. The van der Waals surface area contributed by atoms with E-state index in [9.17, 15) is 0 Å². The van der Waals surface area contributed by atoms with Crippen LogP contribution in [0.3, 0.4) is 0 Å². The molecule has 1 heterocycles. The lowest BCUT2D eigenvalue weighted by atomic mass is 9.96. The first kappa shape index (κ1) is 26.6. The first-order valence-electron chi connectivity index (χ1n) is 13.1. The van der Waals surface area contributed by atoms with Crippen LogP contribution < -0.4 is 28.9 Å². The van der Waals surface area contributed by atoms with Crippen LogP contribution in [0.2, 0.25) is 0 Å². The van der Waals surface area contributed by atoms with Crippen LogP contribution >= 0.6 is 19.3 Å². The fourth-order valence-electron chi connectivity index (χ4n) is 5.66. The zero-order chi connectivity index (χ0) is 26.5. The summed E-state index contributed by atoms with van der Waals surface area (Å²) in [4.78, 5) is 0. The molecule has 0 bridgehead atoms. The number of ether oxygens (including phenoxy) is 4. The molecule has 198 valence electrons. The maximum Gasteiger partial charge on any atom is 0.130 e. The van der Waals surface area contributed by atoms with Gasteiger partial charge in [0.05, 0.1) is 39.6 Å². The Hall–Kier alpha value is -3.01. The molecule has 0 spiro atoms. The number of thiophene rings is 1. The van der Waals surface area contributed by atoms with Crippen molar-refractivity contribution in [3.8, 4) is 45.3 Å². The van der Waals surface area contributed by atoms with Crippen LogP contribution in [0.15, 0.2) is 72.1 Å². The van der Waals surface area contributed by atoms with Crippen molar-refractivity contribution in [2.75, 3.05) is 28.4 Å². The maximum absolute atomic E-state index is 5.93. The van der Waals surface area contributed by atoms with Crippen LogP contribution in [0.25, 0.3) is 22.3 Å². The highest BCUT2D eigenvalue weighted by atomic mass is 32.1. The summed E-state index contributed by atoms with van der Waals surface area (Å²) in [5.74, 6) is 3.22.